The van der Waals surface area contributed by atoms with Crippen LogP contribution in [0.15, 0.2) is 0 Å². The molecule has 0 spiro atoms. The van der Waals surface area contributed by atoms with Crippen LogP contribution in [0.4, 0.5) is 0 Å². The smallest absolute Gasteiger partial charge is 0.417 e. The number of aliphatic hydroxyl groups is 1. The van der Waals surface area contributed by atoms with E-state index in [2.05, 4.69) is 28.5 Å². The summed E-state index contributed by atoms with van der Waals surface area (Å²) in [4.78, 5) is 5.41. The zero-order chi connectivity index (χ0) is 14.8. The van der Waals surface area contributed by atoms with Crippen LogP contribution in [0.2, 0.25) is 0 Å². The predicted molar refractivity (Wildman–Crippen MR) is 79.3 cm³/mol. The second kappa shape index (κ2) is 5.76. The maximum absolute atomic E-state index is 9.91. The summed E-state index contributed by atoms with van der Waals surface area (Å²) in [6.45, 7) is 15.2. The Labute approximate surface area is 115 Å². The van der Waals surface area contributed by atoms with Crippen LogP contribution in [-0.2, 0) is 9.49 Å². The van der Waals surface area contributed by atoms with Crippen molar-refractivity contribution in [1.82, 2.24) is 5.39 Å². The molecule has 0 saturated heterocycles. The molecule has 2 N–H and O–H groups in total. The third-order valence-electron chi connectivity index (χ3n) is 3.74. The van der Waals surface area contributed by atoms with Gasteiger partial charge in [-0.2, -0.15) is 0 Å². The molecule has 107 valence electrons. The van der Waals surface area contributed by atoms with E-state index in [4.69, 9.17) is 9.49 Å². The molecule has 0 aromatic rings. The van der Waals surface area contributed by atoms with E-state index >= 15 is 0 Å². The number of rotatable bonds is 7. The molecular formula is C12H28BNO3P. The fourth-order valence-corrected chi connectivity index (χ4v) is 0.688. The van der Waals surface area contributed by atoms with Crippen molar-refractivity contribution in [3.8, 4) is 0 Å². The molecule has 1 radical (unpaired) electrons. The largest absolute Gasteiger partial charge is 0.422 e. The molecule has 0 rings (SSSR count). The van der Waals surface area contributed by atoms with E-state index in [0.29, 0.717) is 0 Å². The van der Waals surface area contributed by atoms with Crippen LogP contribution in [0.3, 0.4) is 0 Å². The van der Waals surface area contributed by atoms with Crippen LogP contribution in [-0.4, -0.2) is 34.7 Å². The van der Waals surface area contributed by atoms with E-state index in [1.807, 2.05) is 13.8 Å². The molecule has 0 aliphatic heterocycles. The molecule has 4 nitrogen and oxygen atoms in total. The van der Waals surface area contributed by atoms with Gasteiger partial charge in [0.2, 0.25) is 0 Å². The Morgan fingerprint density at radius 3 is 1.72 bits per heavy atom. The van der Waals surface area contributed by atoms with E-state index < -0.39 is 11.2 Å². The average Bonchev–Trinajstić information content (AvgIpc) is 2.08. The van der Waals surface area contributed by atoms with Gasteiger partial charge in [0.05, 0.1) is 11.2 Å². The van der Waals surface area contributed by atoms with Gasteiger partial charge in [0.25, 0.3) is 0 Å². The van der Waals surface area contributed by atoms with Crippen LogP contribution in [0, 0.1) is 0 Å². The van der Waals surface area contributed by atoms with Crippen molar-refractivity contribution >= 4 is 16.9 Å². The van der Waals surface area contributed by atoms with Gasteiger partial charge in [-0.1, -0.05) is 13.8 Å². The van der Waals surface area contributed by atoms with Crippen LogP contribution in [0.5, 0.6) is 0 Å². The molecule has 0 fully saturated rings. The molecule has 0 heterocycles. The Bertz CT molecular complexity index is 241. The topological polar surface area (TPSA) is 50.7 Å². The Morgan fingerprint density at radius 2 is 1.39 bits per heavy atom. The lowest BCUT2D eigenvalue weighted by atomic mass is 9.90. The normalized spacial score (nSPS) is 14.8. The van der Waals surface area contributed by atoms with Gasteiger partial charge >= 0.3 is 7.62 Å². The summed E-state index contributed by atoms with van der Waals surface area (Å²) in [5, 5.41) is 12.5. The van der Waals surface area contributed by atoms with E-state index in [9.17, 15) is 5.11 Å². The monoisotopic (exact) mass is 276 g/mol. The number of nitrogens with one attached hydrogen (secondary N) is 1. The molecule has 0 saturated carbocycles. The third kappa shape index (κ3) is 5.14. The molecular weight excluding hydrogens is 248 g/mol. The lowest BCUT2D eigenvalue weighted by Crippen LogP contribution is -2.52. The van der Waals surface area contributed by atoms with Crippen molar-refractivity contribution in [3.63, 3.8) is 0 Å². The van der Waals surface area contributed by atoms with Crippen molar-refractivity contribution in [2.45, 2.75) is 77.3 Å². The van der Waals surface area contributed by atoms with Gasteiger partial charge in [0.1, 0.15) is 5.60 Å². The summed E-state index contributed by atoms with van der Waals surface area (Å²) in [6, 6.07) is 0. The molecule has 0 aliphatic carbocycles. The first-order valence-electron chi connectivity index (χ1n) is 6.15. The second-order valence-electron chi connectivity index (χ2n) is 6.76. The lowest BCUT2D eigenvalue weighted by Gasteiger charge is -2.40. The van der Waals surface area contributed by atoms with E-state index in [0.717, 1.165) is 0 Å². The summed E-state index contributed by atoms with van der Waals surface area (Å²) in [7, 11) is 4.18. The van der Waals surface area contributed by atoms with Crippen LogP contribution < -0.4 is 5.39 Å². The van der Waals surface area contributed by atoms with Crippen LogP contribution in [0.25, 0.3) is 0 Å². The maximum Gasteiger partial charge on any atom is 0.422 e. The molecule has 18 heavy (non-hydrogen) atoms. The number of hydrogen-bond acceptors (Lipinski definition) is 4. The van der Waals surface area contributed by atoms with E-state index in [1.54, 1.807) is 27.7 Å². The van der Waals surface area contributed by atoms with Crippen LogP contribution in [0.1, 0.15) is 55.4 Å². The Kier molecular flexibility index (Phi) is 5.87. The minimum Gasteiger partial charge on any atom is -0.417 e. The van der Waals surface area contributed by atoms with Gasteiger partial charge < -0.3 is 14.6 Å². The molecule has 0 aromatic carbocycles. The zero-order valence-electron chi connectivity index (χ0n) is 12.9. The molecule has 1 unspecified atom stereocenters. The summed E-state index contributed by atoms with van der Waals surface area (Å²) < 4.78 is 5.64. The van der Waals surface area contributed by atoms with Crippen molar-refractivity contribution in [1.29, 1.82) is 0 Å². The van der Waals surface area contributed by atoms with Gasteiger partial charge in [-0.15, -0.1) is 9.24 Å². The summed E-state index contributed by atoms with van der Waals surface area (Å²) in [5.41, 5.74) is -2.04. The van der Waals surface area contributed by atoms with Gasteiger partial charge in [0, 0.05) is 5.16 Å². The quantitative estimate of drug-likeness (QED) is 0.323. The highest BCUT2D eigenvalue weighted by Gasteiger charge is 2.37. The van der Waals surface area contributed by atoms with E-state index in [1.165, 1.54) is 7.62 Å². The SMILES string of the molecule is CC(C)(O)C(C)(C)ON[B]OC(C)(C)C(C)(C)P. The molecule has 0 bridgehead atoms. The standard InChI is InChI=1S/C12H28BNO3P/c1-9(2,15)10(3,4)17-14-13-16-11(5,6)12(7,8)18/h14-15H,18H2,1-8H3. The van der Waals surface area contributed by atoms with Crippen molar-refractivity contribution in [2.75, 3.05) is 0 Å². The zero-order valence-corrected chi connectivity index (χ0v) is 14.1. The van der Waals surface area contributed by atoms with Gasteiger partial charge in [-0.05, 0) is 41.5 Å². The summed E-state index contributed by atoms with van der Waals surface area (Å²) in [5.74, 6) is 0. The van der Waals surface area contributed by atoms with E-state index in [-0.39, 0.29) is 10.8 Å². The van der Waals surface area contributed by atoms with Crippen molar-refractivity contribution < 1.29 is 14.6 Å². The highest BCUT2D eigenvalue weighted by atomic mass is 31.0. The van der Waals surface area contributed by atoms with Crippen LogP contribution >= 0.6 is 9.24 Å². The Balaban J connectivity index is 4.17. The van der Waals surface area contributed by atoms with Gasteiger partial charge in [0.15, 0.2) is 0 Å². The molecule has 1 atom stereocenters. The fourth-order valence-electron chi connectivity index (χ4n) is 0.619. The summed E-state index contributed by atoms with van der Waals surface area (Å²) in [6.07, 6.45) is 0. The van der Waals surface area contributed by atoms with Crippen molar-refractivity contribution in [2.24, 2.45) is 0 Å². The first-order valence-corrected chi connectivity index (χ1v) is 6.73. The lowest BCUT2D eigenvalue weighted by molar-refractivity contribution is -0.169. The Morgan fingerprint density at radius 1 is 0.944 bits per heavy atom. The predicted octanol–water partition coefficient (Wildman–Crippen LogP) is 2.04. The highest BCUT2D eigenvalue weighted by molar-refractivity contribution is 7.19. The maximum atomic E-state index is 9.91. The van der Waals surface area contributed by atoms with Gasteiger partial charge in [-0.25, -0.2) is 5.39 Å². The second-order valence-corrected chi connectivity index (χ2v) is 8.20. The molecule has 0 aliphatic rings. The minimum absolute atomic E-state index is 0.0725. The minimum atomic E-state index is -0.955. The summed E-state index contributed by atoms with van der Waals surface area (Å²) >= 11 is 0. The molecule has 0 aromatic heterocycles. The first kappa shape index (κ1) is 18.3. The first-order chi connectivity index (χ1) is 7.71. The molecule has 6 heteroatoms. The third-order valence-corrected chi connectivity index (χ3v) is 4.44. The fraction of sp³-hybridized carbons (Fsp3) is 1.00. The van der Waals surface area contributed by atoms with Gasteiger partial charge in [-0.3, -0.25) is 0 Å². The molecule has 0 amide bonds. The average molecular weight is 276 g/mol. The number of hydrogen-bond donors (Lipinski definition) is 2. The Hall–Kier alpha value is 0.335. The van der Waals surface area contributed by atoms with Crippen molar-refractivity contribution in [3.05, 3.63) is 0 Å². The highest BCUT2D eigenvalue weighted by Crippen LogP contribution is 2.33.